The van der Waals surface area contributed by atoms with E-state index in [1.807, 2.05) is 0 Å². The molecule has 3 unspecified atom stereocenters. The van der Waals surface area contributed by atoms with Gasteiger partial charge in [-0.3, -0.25) is 0 Å². The topological polar surface area (TPSA) is 17.1 Å². The Morgan fingerprint density at radius 3 is 2.60 bits per heavy atom. The Kier molecular flexibility index (Phi) is 1.88. The van der Waals surface area contributed by atoms with Gasteiger partial charge in [0.05, 0.1) is 5.92 Å². The quantitative estimate of drug-likeness (QED) is 0.391. The van der Waals surface area contributed by atoms with Gasteiger partial charge in [-0.2, -0.15) is 0 Å². The number of alkyl halides is 1. The van der Waals surface area contributed by atoms with Crippen LogP contribution in [0.5, 0.6) is 0 Å². The van der Waals surface area contributed by atoms with Crippen molar-refractivity contribution < 1.29 is 8.96 Å². The first kappa shape index (κ1) is 7.82. The summed E-state index contributed by atoms with van der Waals surface area (Å²) in [7, 11) is -2.52. The van der Waals surface area contributed by atoms with Crippen molar-refractivity contribution >= 4 is 7.14 Å². The van der Waals surface area contributed by atoms with Crippen LogP contribution >= 0.6 is 7.14 Å². The van der Waals surface area contributed by atoms with Crippen LogP contribution in [-0.4, -0.2) is 18.7 Å². The predicted molar refractivity (Wildman–Crippen MR) is 40.2 cm³/mol. The lowest BCUT2D eigenvalue weighted by Crippen LogP contribution is -2.04. The van der Waals surface area contributed by atoms with E-state index in [9.17, 15) is 8.96 Å². The molecule has 10 heavy (non-hydrogen) atoms. The van der Waals surface area contributed by atoms with Gasteiger partial charge in [-0.1, -0.05) is 5.92 Å². The van der Waals surface area contributed by atoms with Gasteiger partial charge in [-0.05, 0) is 13.1 Å². The van der Waals surface area contributed by atoms with Crippen LogP contribution in [-0.2, 0) is 4.57 Å². The lowest BCUT2D eigenvalue weighted by atomic mass is 10.1. The van der Waals surface area contributed by atoms with Gasteiger partial charge in [-0.25, -0.2) is 4.39 Å². The molecule has 1 fully saturated rings. The predicted octanol–water partition coefficient (Wildman–Crippen LogP) is 1.93. The zero-order valence-electron chi connectivity index (χ0n) is 5.88. The summed E-state index contributed by atoms with van der Waals surface area (Å²) < 4.78 is 24.2. The summed E-state index contributed by atoms with van der Waals surface area (Å²) in [5, 5.41) is 0. The number of halogens is 1. The van der Waals surface area contributed by atoms with Crippen molar-refractivity contribution in [3.8, 4) is 12.3 Å². The van der Waals surface area contributed by atoms with Crippen molar-refractivity contribution in [1.29, 1.82) is 0 Å². The van der Waals surface area contributed by atoms with Crippen molar-refractivity contribution in [1.82, 2.24) is 0 Å². The van der Waals surface area contributed by atoms with Crippen LogP contribution in [0, 0.1) is 18.3 Å². The van der Waals surface area contributed by atoms with E-state index >= 15 is 0 Å². The van der Waals surface area contributed by atoms with E-state index < -0.39 is 19.0 Å². The standard InChI is InChI=1S/C7H10FOP/c1-3-6-4-5-10(2,9)7(6)8/h1,6-7H,4-5H2,2H3. The second-order valence-corrected chi connectivity index (χ2v) is 6.12. The summed E-state index contributed by atoms with van der Waals surface area (Å²) in [6.45, 7) is 1.50. The molecule has 1 heterocycles. The Morgan fingerprint density at radius 1 is 1.80 bits per heavy atom. The van der Waals surface area contributed by atoms with Crippen molar-refractivity contribution in [3.05, 3.63) is 0 Å². The van der Waals surface area contributed by atoms with E-state index in [0.29, 0.717) is 12.6 Å². The van der Waals surface area contributed by atoms with E-state index in [2.05, 4.69) is 5.92 Å². The van der Waals surface area contributed by atoms with Gasteiger partial charge in [0.1, 0.15) is 7.14 Å². The smallest absolute Gasteiger partial charge is 0.166 e. The normalized spacial score (nSPS) is 46.9. The summed E-state index contributed by atoms with van der Waals surface area (Å²) in [4.78, 5) is 0. The van der Waals surface area contributed by atoms with Gasteiger partial charge in [-0.15, -0.1) is 6.42 Å². The first-order chi connectivity index (χ1) is 4.58. The van der Waals surface area contributed by atoms with Gasteiger partial charge in [0.2, 0.25) is 0 Å². The maximum Gasteiger partial charge on any atom is 0.166 e. The second-order valence-electron chi connectivity index (χ2n) is 2.83. The lowest BCUT2D eigenvalue weighted by Gasteiger charge is -2.08. The minimum absolute atomic E-state index is 0.393. The molecule has 56 valence electrons. The van der Waals surface area contributed by atoms with Crippen LogP contribution in [0.15, 0.2) is 0 Å². The summed E-state index contributed by atoms with van der Waals surface area (Å²) in [6, 6.07) is 0. The highest BCUT2D eigenvalue weighted by Gasteiger charge is 2.40. The average molecular weight is 160 g/mol. The molecule has 0 aromatic rings. The molecular weight excluding hydrogens is 150 g/mol. The molecular formula is C7H10FOP. The molecule has 0 radical (unpaired) electrons. The molecule has 0 saturated carbocycles. The van der Waals surface area contributed by atoms with E-state index in [1.165, 1.54) is 6.66 Å². The molecule has 0 aromatic heterocycles. The third-order valence-electron chi connectivity index (χ3n) is 1.95. The Balaban J connectivity index is 2.79. The highest BCUT2D eigenvalue weighted by atomic mass is 31.2. The molecule has 0 spiro atoms. The van der Waals surface area contributed by atoms with Gasteiger partial charge in [0, 0.05) is 6.16 Å². The van der Waals surface area contributed by atoms with E-state index in [1.54, 1.807) is 0 Å². The number of rotatable bonds is 0. The fraction of sp³-hybridized carbons (Fsp3) is 0.714. The van der Waals surface area contributed by atoms with E-state index in [4.69, 9.17) is 6.42 Å². The Hall–Kier alpha value is -0.280. The van der Waals surface area contributed by atoms with Crippen LogP contribution in [0.3, 0.4) is 0 Å². The molecule has 1 nitrogen and oxygen atoms in total. The van der Waals surface area contributed by atoms with Gasteiger partial charge in [0.15, 0.2) is 5.91 Å². The van der Waals surface area contributed by atoms with Crippen LogP contribution in [0.2, 0.25) is 0 Å². The zero-order valence-corrected chi connectivity index (χ0v) is 6.77. The van der Waals surface area contributed by atoms with Crippen LogP contribution < -0.4 is 0 Å². The summed E-state index contributed by atoms with van der Waals surface area (Å²) in [6.07, 6.45) is 6.10. The van der Waals surface area contributed by atoms with E-state index in [0.717, 1.165) is 0 Å². The zero-order chi connectivity index (χ0) is 7.78. The lowest BCUT2D eigenvalue weighted by molar-refractivity contribution is 0.372. The maximum absolute atomic E-state index is 13.0. The average Bonchev–Trinajstić information content (AvgIpc) is 2.10. The third-order valence-corrected chi connectivity index (χ3v) is 4.50. The fourth-order valence-corrected chi connectivity index (χ4v) is 3.23. The molecule has 0 amide bonds. The Bertz CT molecular complexity index is 218. The highest BCUT2D eigenvalue weighted by molar-refractivity contribution is 7.64. The second kappa shape index (κ2) is 2.40. The molecule has 0 aliphatic carbocycles. The Morgan fingerprint density at radius 2 is 2.40 bits per heavy atom. The SMILES string of the molecule is C#CC1CCP(C)(=O)C1F. The highest BCUT2D eigenvalue weighted by Crippen LogP contribution is 2.57. The maximum atomic E-state index is 13.0. The molecule has 1 aliphatic rings. The van der Waals surface area contributed by atoms with Crippen molar-refractivity contribution in [2.45, 2.75) is 12.3 Å². The summed E-state index contributed by atoms with van der Waals surface area (Å²) >= 11 is 0. The number of hydrogen-bond acceptors (Lipinski definition) is 1. The molecule has 1 rings (SSSR count). The van der Waals surface area contributed by atoms with Crippen molar-refractivity contribution in [2.24, 2.45) is 5.92 Å². The van der Waals surface area contributed by atoms with Crippen molar-refractivity contribution in [3.63, 3.8) is 0 Å². The number of terminal acetylenes is 1. The summed E-state index contributed by atoms with van der Waals surface area (Å²) in [5.74, 6) is 0.691. The van der Waals surface area contributed by atoms with Crippen LogP contribution in [0.25, 0.3) is 0 Å². The fourth-order valence-electron chi connectivity index (χ4n) is 1.20. The van der Waals surface area contributed by atoms with Gasteiger partial charge >= 0.3 is 0 Å². The summed E-state index contributed by atoms with van der Waals surface area (Å²) in [5.41, 5.74) is 0. The monoisotopic (exact) mass is 160 g/mol. The molecule has 3 atom stereocenters. The van der Waals surface area contributed by atoms with E-state index in [-0.39, 0.29) is 0 Å². The minimum Gasteiger partial charge on any atom is -0.321 e. The first-order valence-corrected chi connectivity index (χ1v) is 5.65. The molecule has 3 heteroatoms. The molecule has 0 aromatic carbocycles. The van der Waals surface area contributed by atoms with Crippen LogP contribution in [0.4, 0.5) is 4.39 Å². The minimum atomic E-state index is -2.52. The molecule has 1 aliphatic heterocycles. The van der Waals surface area contributed by atoms with Crippen LogP contribution in [0.1, 0.15) is 6.42 Å². The van der Waals surface area contributed by atoms with Gasteiger partial charge in [0.25, 0.3) is 0 Å². The first-order valence-electron chi connectivity index (χ1n) is 3.24. The number of hydrogen-bond donors (Lipinski definition) is 0. The molecule has 0 N–H and O–H groups in total. The molecule has 1 saturated heterocycles. The largest absolute Gasteiger partial charge is 0.321 e. The molecule has 0 bridgehead atoms. The van der Waals surface area contributed by atoms with Gasteiger partial charge < -0.3 is 4.57 Å². The van der Waals surface area contributed by atoms with Crippen molar-refractivity contribution in [2.75, 3.05) is 12.8 Å². The third kappa shape index (κ3) is 1.11. The Labute approximate surface area is 60.4 Å².